The van der Waals surface area contributed by atoms with E-state index in [0.29, 0.717) is 33.6 Å². The van der Waals surface area contributed by atoms with Gasteiger partial charge in [0, 0.05) is 28.2 Å². The van der Waals surface area contributed by atoms with Gasteiger partial charge in [0.05, 0.1) is 11.9 Å². The quantitative estimate of drug-likeness (QED) is 0.363. The van der Waals surface area contributed by atoms with Gasteiger partial charge in [-0.3, -0.25) is 13.9 Å². The molecule has 0 radical (unpaired) electrons. The number of benzene rings is 2. The molecule has 11 heteroatoms. The second-order valence-corrected chi connectivity index (χ2v) is 11.3. The Balaban J connectivity index is 2.44. The van der Waals surface area contributed by atoms with E-state index in [0.717, 1.165) is 23.4 Å². The fourth-order valence-corrected chi connectivity index (χ4v) is 5.00. The fourth-order valence-electron chi connectivity index (χ4n) is 3.50. The summed E-state index contributed by atoms with van der Waals surface area (Å²) in [7, 11) is -3.84. The Hall–Kier alpha value is -2.00. The number of hydrogen-bond acceptors (Lipinski definition) is 4. The molecule has 1 atom stereocenters. The van der Waals surface area contributed by atoms with Crippen molar-refractivity contribution in [2.24, 2.45) is 0 Å². The molecular formula is C24H30Cl3N3O4S. The van der Waals surface area contributed by atoms with Crippen molar-refractivity contribution < 1.29 is 18.0 Å². The molecule has 0 heterocycles. The number of sulfonamides is 1. The van der Waals surface area contributed by atoms with Crippen LogP contribution in [0.4, 0.5) is 5.69 Å². The Morgan fingerprint density at radius 2 is 1.71 bits per heavy atom. The van der Waals surface area contributed by atoms with Crippen molar-refractivity contribution in [3.63, 3.8) is 0 Å². The summed E-state index contributed by atoms with van der Waals surface area (Å²) in [6, 6.07) is 10.3. The third-order valence-corrected chi connectivity index (χ3v) is 7.31. The van der Waals surface area contributed by atoms with E-state index in [1.54, 1.807) is 43.3 Å². The summed E-state index contributed by atoms with van der Waals surface area (Å²) in [4.78, 5) is 28.0. The smallest absolute Gasteiger partial charge is 0.244 e. The first kappa shape index (κ1) is 29.2. The van der Waals surface area contributed by atoms with Crippen LogP contribution in [-0.4, -0.2) is 50.5 Å². The Labute approximate surface area is 222 Å². The van der Waals surface area contributed by atoms with E-state index in [2.05, 4.69) is 5.32 Å². The fraction of sp³-hybridized carbons (Fsp3) is 0.417. The average molecular weight is 563 g/mol. The van der Waals surface area contributed by atoms with E-state index in [-0.39, 0.29) is 18.1 Å². The van der Waals surface area contributed by atoms with E-state index in [4.69, 9.17) is 34.8 Å². The monoisotopic (exact) mass is 561 g/mol. The van der Waals surface area contributed by atoms with Gasteiger partial charge < -0.3 is 10.2 Å². The molecule has 0 unspecified atom stereocenters. The number of halogens is 3. The Morgan fingerprint density at radius 1 is 1.03 bits per heavy atom. The van der Waals surface area contributed by atoms with Crippen LogP contribution in [0.25, 0.3) is 0 Å². The lowest BCUT2D eigenvalue weighted by Gasteiger charge is -2.33. The van der Waals surface area contributed by atoms with Crippen molar-refractivity contribution in [2.75, 3.05) is 23.7 Å². The molecule has 0 spiro atoms. The standard InChI is InChI=1S/C24H30Cl3N3O4S/c1-4-6-12-28-24(32)22(5-2)29(15-17-10-11-19(26)14-21(17)27)23(31)16-30(35(3,33)34)20-9-7-8-18(25)13-20/h7-11,13-14,22H,4-6,12,15-16H2,1-3H3,(H,28,32)/t22-/m0/s1. The molecule has 192 valence electrons. The van der Waals surface area contributed by atoms with Crippen LogP contribution in [0.15, 0.2) is 42.5 Å². The van der Waals surface area contributed by atoms with Crippen molar-refractivity contribution in [3.8, 4) is 0 Å². The van der Waals surface area contributed by atoms with Crippen LogP contribution >= 0.6 is 34.8 Å². The highest BCUT2D eigenvalue weighted by molar-refractivity contribution is 7.92. The number of unbranched alkanes of at least 4 members (excludes halogenated alkanes) is 1. The minimum atomic E-state index is -3.84. The maximum atomic E-state index is 13.6. The predicted molar refractivity (Wildman–Crippen MR) is 143 cm³/mol. The number of nitrogens with one attached hydrogen (secondary N) is 1. The van der Waals surface area contributed by atoms with Gasteiger partial charge in [-0.2, -0.15) is 0 Å². The van der Waals surface area contributed by atoms with Crippen molar-refractivity contribution in [2.45, 2.75) is 45.7 Å². The molecule has 0 aliphatic rings. The highest BCUT2D eigenvalue weighted by Crippen LogP contribution is 2.25. The van der Waals surface area contributed by atoms with Crippen molar-refractivity contribution >= 4 is 62.3 Å². The average Bonchev–Trinajstić information content (AvgIpc) is 2.78. The first-order valence-corrected chi connectivity index (χ1v) is 14.2. The number of carbonyl (C=O) groups is 2. The van der Waals surface area contributed by atoms with Crippen molar-refractivity contribution in [3.05, 3.63) is 63.1 Å². The second kappa shape index (κ2) is 13.3. The zero-order chi connectivity index (χ0) is 26.2. The molecule has 0 fully saturated rings. The topological polar surface area (TPSA) is 86.8 Å². The van der Waals surface area contributed by atoms with E-state index in [1.165, 1.54) is 11.0 Å². The number of rotatable bonds is 12. The van der Waals surface area contributed by atoms with Gasteiger partial charge in [0.2, 0.25) is 21.8 Å². The summed E-state index contributed by atoms with van der Waals surface area (Å²) < 4.78 is 26.2. The molecule has 1 N–H and O–H groups in total. The molecule has 2 aromatic carbocycles. The van der Waals surface area contributed by atoms with Crippen molar-refractivity contribution in [1.29, 1.82) is 0 Å². The van der Waals surface area contributed by atoms with Gasteiger partial charge in [-0.1, -0.05) is 67.2 Å². The van der Waals surface area contributed by atoms with Crippen LogP contribution in [0, 0.1) is 0 Å². The van der Waals surface area contributed by atoms with E-state index < -0.39 is 28.5 Å². The molecule has 2 amide bonds. The second-order valence-electron chi connectivity index (χ2n) is 8.08. The lowest BCUT2D eigenvalue weighted by Crippen LogP contribution is -2.52. The van der Waals surface area contributed by atoms with Gasteiger partial charge in [-0.05, 0) is 48.7 Å². The van der Waals surface area contributed by atoms with E-state index in [9.17, 15) is 18.0 Å². The normalized spacial score (nSPS) is 12.2. The van der Waals surface area contributed by atoms with Crippen LogP contribution in [0.5, 0.6) is 0 Å². The predicted octanol–water partition coefficient (Wildman–Crippen LogP) is 5.14. The minimum absolute atomic E-state index is 0.00167. The van der Waals surface area contributed by atoms with Gasteiger partial charge in [0.1, 0.15) is 12.6 Å². The Bertz CT molecular complexity index is 1140. The van der Waals surface area contributed by atoms with Gasteiger partial charge in [-0.25, -0.2) is 8.42 Å². The Morgan fingerprint density at radius 3 is 2.29 bits per heavy atom. The van der Waals surface area contributed by atoms with Crippen LogP contribution in [0.1, 0.15) is 38.7 Å². The molecule has 35 heavy (non-hydrogen) atoms. The van der Waals surface area contributed by atoms with Crippen LogP contribution in [0.3, 0.4) is 0 Å². The van der Waals surface area contributed by atoms with Gasteiger partial charge >= 0.3 is 0 Å². The van der Waals surface area contributed by atoms with Crippen LogP contribution in [0.2, 0.25) is 15.1 Å². The highest BCUT2D eigenvalue weighted by Gasteiger charge is 2.32. The molecule has 2 rings (SSSR count). The van der Waals surface area contributed by atoms with Crippen LogP contribution in [-0.2, 0) is 26.2 Å². The minimum Gasteiger partial charge on any atom is -0.354 e. The number of nitrogens with zero attached hydrogens (tertiary/aromatic N) is 2. The van der Waals surface area contributed by atoms with Gasteiger partial charge in [0.15, 0.2) is 0 Å². The zero-order valence-electron chi connectivity index (χ0n) is 19.9. The third kappa shape index (κ3) is 8.56. The molecule has 0 aliphatic carbocycles. The van der Waals surface area contributed by atoms with E-state index in [1.807, 2.05) is 6.92 Å². The first-order chi connectivity index (χ1) is 16.5. The lowest BCUT2D eigenvalue weighted by atomic mass is 10.1. The largest absolute Gasteiger partial charge is 0.354 e. The highest BCUT2D eigenvalue weighted by atomic mass is 35.5. The lowest BCUT2D eigenvalue weighted by molar-refractivity contribution is -0.140. The number of amides is 2. The zero-order valence-corrected chi connectivity index (χ0v) is 23.0. The maximum Gasteiger partial charge on any atom is 0.244 e. The van der Waals surface area contributed by atoms with E-state index >= 15 is 0 Å². The molecule has 2 aromatic rings. The number of anilines is 1. The molecule has 0 saturated heterocycles. The maximum absolute atomic E-state index is 13.6. The van der Waals surface area contributed by atoms with Crippen molar-refractivity contribution in [1.82, 2.24) is 10.2 Å². The molecule has 0 aromatic heterocycles. The Kier molecular flexibility index (Phi) is 11.1. The SMILES string of the molecule is CCCCNC(=O)[C@H](CC)N(Cc1ccc(Cl)cc1Cl)C(=O)CN(c1cccc(Cl)c1)S(C)(=O)=O. The van der Waals surface area contributed by atoms with Crippen LogP contribution < -0.4 is 9.62 Å². The summed E-state index contributed by atoms with van der Waals surface area (Å²) in [5.41, 5.74) is 0.830. The molecule has 0 bridgehead atoms. The summed E-state index contributed by atoms with van der Waals surface area (Å²) >= 11 is 18.4. The summed E-state index contributed by atoms with van der Waals surface area (Å²) in [5, 5.41) is 3.97. The summed E-state index contributed by atoms with van der Waals surface area (Å²) in [6.07, 6.45) is 3.04. The molecule has 0 saturated carbocycles. The summed E-state index contributed by atoms with van der Waals surface area (Å²) in [6.45, 7) is 3.77. The van der Waals surface area contributed by atoms with Gasteiger partial charge in [-0.15, -0.1) is 0 Å². The number of carbonyl (C=O) groups excluding carboxylic acids is 2. The summed E-state index contributed by atoms with van der Waals surface area (Å²) in [5.74, 6) is -0.869. The molecule has 0 aliphatic heterocycles. The third-order valence-electron chi connectivity index (χ3n) is 5.35. The van der Waals surface area contributed by atoms with Gasteiger partial charge in [0.25, 0.3) is 0 Å². The number of hydrogen-bond donors (Lipinski definition) is 1. The molecule has 7 nitrogen and oxygen atoms in total. The molecular weight excluding hydrogens is 533 g/mol. The first-order valence-electron chi connectivity index (χ1n) is 11.2.